The zero-order valence-electron chi connectivity index (χ0n) is 12.3. The van der Waals surface area contributed by atoms with Crippen LogP contribution in [0.3, 0.4) is 0 Å². The van der Waals surface area contributed by atoms with Crippen LogP contribution in [0, 0.1) is 0 Å². The Morgan fingerprint density at radius 1 is 1.30 bits per heavy atom. The third-order valence-electron chi connectivity index (χ3n) is 3.29. The van der Waals surface area contributed by atoms with Crippen molar-refractivity contribution in [3.63, 3.8) is 0 Å². The van der Waals surface area contributed by atoms with Gasteiger partial charge in [-0.2, -0.15) is 17.0 Å². The minimum Gasteiger partial charge on any atom is -0.385 e. The van der Waals surface area contributed by atoms with Crippen molar-refractivity contribution in [2.45, 2.75) is 12.5 Å². The van der Waals surface area contributed by atoms with E-state index in [4.69, 9.17) is 10.5 Å². The Bertz CT molecular complexity index is 418. The van der Waals surface area contributed by atoms with Crippen molar-refractivity contribution in [3.8, 4) is 0 Å². The lowest BCUT2D eigenvalue weighted by Gasteiger charge is -2.36. The molecule has 1 amide bonds. The van der Waals surface area contributed by atoms with E-state index < -0.39 is 16.3 Å². The van der Waals surface area contributed by atoms with Crippen LogP contribution in [0.4, 0.5) is 0 Å². The van der Waals surface area contributed by atoms with Gasteiger partial charge < -0.3 is 15.4 Å². The van der Waals surface area contributed by atoms with Crippen LogP contribution >= 0.6 is 0 Å². The summed E-state index contributed by atoms with van der Waals surface area (Å²) in [6, 6.07) is -0.591. The van der Waals surface area contributed by atoms with E-state index in [2.05, 4.69) is 0 Å². The molecular weight excluding hydrogens is 284 g/mol. The molecule has 9 heteroatoms. The van der Waals surface area contributed by atoms with Gasteiger partial charge in [0.05, 0.1) is 6.04 Å². The number of methoxy groups -OCH3 is 1. The first-order chi connectivity index (χ1) is 9.30. The van der Waals surface area contributed by atoms with Crippen molar-refractivity contribution in [1.82, 2.24) is 13.5 Å². The number of carbonyl (C=O) groups is 1. The smallest absolute Gasteiger partial charge is 0.281 e. The molecule has 1 heterocycles. The molecule has 118 valence electrons. The predicted octanol–water partition coefficient (Wildman–Crippen LogP) is -1.70. The molecule has 1 aliphatic heterocycles. The van der Waals surface area contributed by atoms with Crippen LogP contribution in [0.25, 0.3) is 0 Å². The summed E-state index contributed by atoms with van der Waals surface area (Å²) < 4.78 is 31.3. The van der Waals surface area contributed by atoms with Crippen LogP contribution in [-0.4, -0.2) is 87.9 Å². The zero-order chi connectivity index (χ0) is 15.3. The van der Waals surface area contributed by atoms with Crippen LogP contribution < -0.4 is 5.73 Å². The number of nitrogens with two attached hydrogens (primary N) is 1. The maximum Gasteiger partial charge on any atom is 0.281 e. The van der Waals surface area contributed by atoms with Crippen molar-refractivity contribution in [2.75, 3.05) is 54.0 Å². The SMILES string of the molecule is COCCC(N)C(=O)N1CCN(S(=O)(=O)N(C)C)CC1. The molecule has 1 saturated heterocycles. The van der Waals surface area contributed by atoms with Gasteiger partial charge in [-0.1, -0.05) is 0 Å². The molecule has 1 unspecified atom stereocenters. The Morgan fingerprint density at radius 2 is 1.85 bits per heavy atom. The van der Waals surface area contributed by atoms with Crippen molar-refractivity contribution >= 4 is 16.1 Å². The standard InChI is InChI=1S/C11H24N4O4S/c1-13(2)20(17,18)15-7-5-14(6-8-15)11(16)10(12)4-9-19-3/h10H,4-9,12H2,1-3H3. The molecule has 1 rings (SSSR count). The highest BCUT2D eigenvalue weighted by molar-refractivity contribution is 7.86. The lowest BCUT2D eigenvalue weighted by Crippen LogP contribution is -2.55. The van der Waals surface area contributed by atoms with Gasteiger partial charge >= 0.3 is 0 Å². The van der Waals surface area contributed by atoms with E-state index in [0.29, 0.717) is 39.2 Å². The van der Waals surface area contributed by atoms with Crippen molar-refractivity contribution < 1.29 is 17.9 Å². The monoisotopic (exact) mass is 308 g/mol. The molecule has 1 aliphatic rings. The van der Waals surface area contributed by atoms with Crippen molar-refractivity contribution in [1.29, 1.82) is 0 Å². The Morgan fingerprint density at radius 3 is 2.30 bits per heavy atom. The van der Waals surface area contributed by atoms with Crippen LogP contribution in [0.1, 0.15) is 6.42 Å². The number of rotatable bonds is 6. The number of hydrogen-bond acceptors (Lipinski definition) is 5. The third-order valence-corrected chi connectivity index (χ3v) is 5.23. The Balaban J connectivity index is 2.52. The second-order valence-electron chi connectivity index (χ2n) is 4.90. The summed E-state index contributed by atoms with van der Waals surface area (Å²) in [5.41, 5.74) is 5.79. The van der Waals surface area contributed by atoms with Gasteiger partial charge in [-0.05, 0) is 6.42 Å². The van der Waals surface area contributed by atoms with Crippen LogP contribution in [0.5, 0.6) is 0 Å². The second-order valence-corrected chi connectivity index (χ2v) is 7.04. The van der Waals surface area contributed by atoms with Gasteiger partial charge in [0.15, 0.2) is 0 Å². The minimum atomic E-state index is -3.41. The highest BCUT2D eigenvalue weighted by Crippen LogP contribution is 2.10. The first-order valence-corrected chi connectivity index (χ1v) is 7.91. The molecule has 1 fully saturated rings. The molecule has 0 aliphatic carbocycles. The van der Waals surface area contributed by atoms with Crippen LogP contribution in [0.15, 0.2) is 0 Å². The van der Waals surface area contributed by atoms with Gasteiger partial charge in [0, 0.05) is 54.0 Å². The number of amides is 1. The lowest BCUT2D eigenvalue weighted by molar-refractivity contribution is -0.134. The molecular formula is C11H24N4O4S. The maximum atomic E-state index is 12.1. The van der Waals surface area contributed by atoms with E-state index in [-0.39, 0.29) is 5.91 Å². The molecule has 2 N–H and O–H groups in total. The fourth-order valence-electron chi connectivity index (χ4n) is 1.97. The first-order valence-electron chi connectivity index (χ1n) is 6.51. The zero-order valence-corrected chi connectivity index (χ0v) is 13.1. The number of hydrogen-bond donors (Lipinski definition) is 1. The first kappa shape index (κ1) is 17.3. The molecule has 20 heavy (non-hydrogen) atoms. The van der Waals surface area contributed by atoms with E-state index in [1.54, 1.807) is 12.0 Å². The molecule has 1 atom stereocenters. The van der Waals surface area contributed by atoms with Crippen molar-refractivity contribution in [2.24, 2.45) is 5.73 Å². The summed E-state index contributed by atoms with van der Waals surface area (Å²) in [5, 5.41) is 0. The highest BCUT2D eigenvalue weighted by atomic mass is 32.2. The van der Waals surface area contributed by atoms with Crippen LogP contribution in [-0.2, 0) is 19.7 Å². The van der Waals surface area contributed by atoms with E-state index in [1.165, 1.54) is 22.7 Å². The average molecular weight is 308 g/mol. The van der Waals surface area contributed by atoms with Gasteiger partial charge in [-0.3, -0.25) is 4.79 Å². The summed E-state index contributed by atoms with van der Waals surface area (Å²) in [6.45, 7) is 1.76. The molecule has 0 spiro atoms. The normalized spacial score (nSPS) is 19.4. The highest BCUT2D eigenvalue weighted by Gasteiger charge is 2.31. The van der Waals surface area contributed by atoms with E-state index in [0.717, 1.165) is 0 Å². The number of ether oxygens (including phenoxy) is 1. The Hall–Kier alpha value is -0.740. The van der Waals surface area contributed by atoms with E-state index in [9.17, 15) is 13.2 Å². The van der Waals surface area contributed by atoms with Crippen molar-refractivity contribution in [3.05, 3.63) is 0 Å². The van der Waals surface area contributed by atoms with Gasteiger partial charge in [-0.15, -0.1) is 0 Å². The third kappa shape index (κ3) is 4.13. The summed E-state index contributed by atoms with van der Waals surface area (Å²) in [7, 11) is 1.14. The van der Waals surface area contributed by atoms with E-state index >= 15 is 0 Å². The molecule has 0 bridgehead atoms. The second kappa shape index (κ2) is 7.32. The molecule has 0 aromatic carbocycles. The minimum absolute atomic E-state index is 0.149. The van der Waals surface area contributed by atoms with Gasteiger partial charge in [0.1, 0.15) is 0 Å². The number of piperazine rings is 1. The molecule has 0 saturated carbocycles. The summed E-state index contributed by atoms with van der Waals surface area (Å²) in [6.07, 6.45) is 0.464. The van der Waals surface area contributed by atoms with Gasteiger partial charge in [0.2, 0.25) is 5.91 Å². The molecule has 0 radical (unpaired) electrons. The van der Waals surface area contributed by atoms with E-state index in [1.807, 2.05) is 0 Å². The summed E-state index contributed by atoms with van der Waals surface area (Å²) >= 11 is 0. The fourth-order valence-corrected chi connectivity index (χ4v) is 3.06. The maximum absolute atomic E-state index is 12.1. The van der Waals surface area contributed by atoms with Gasteiger partial charge in [-0.25, -0.2) is 0 Å². The largest absolute Gasteiger partial charge is 0.385 e. The molecule has 8 nitrogen and oxygen atoms in total. The number of nitrogens with zero attached hydrogens (tertiary/aromatic N) is 3. The topological polar surface area (TPSA) is 96.2 Å². The van der Waals surface area contributed by atoms with Gasteiger partial charge in [0.25, 0.3) is 10.2 Å². The fraction of sp³-hybridized carbons (Fsp3) is 0.909. The lowest BCUT2D eigenvalue weighted by atomic mass is 10.2. The quantitative estimate of drug-likeness (QED) is 0.631. The average Bonchev–Trinajstić information content (AvgIpc) is 2.43. The summed E-state index contributed by atoms with van der Waals surface area (Å²) in [5.74, 6) is -0.149. The van der Waals surface area contributed by atoms with Crippen LogP contribution in [0.2, 0.25) is 0 Å². The number of carbonyl (C=O) groups excluding carboxylic acids is 1. The summed E-state index contributed by atoms with van der Waals surface area (Å²) in [4.78, 5) is 13.7. The molecule has 0 aromatic rings. The predicted molar refractivity (Wildman–Crippen MR) is 75.2 cm³/mol. The molecule has 0 aromatic heterocycles. The Labute approximate surface area is 120 Å². The Kier molecular flexibility index (Phi) is 6.34.